The average Bonchev–Trinajstić information content (AvgIpc) is 3.33. The lowest BCUT2D eigenvalue weighted by atomic mass is 9.48. The first kappa shape index (κ1) is 21.5. The van der Waals surface area contributed by atoms with Crippen molar-refractivity contribution in [1.82, 2.24) is 5.32 Å². The molecular formula is C28H33N2O5+. The molecule has 184 valence electrons. The molecule has 3 aliphatic carbocycles. The molecular weight excluding hydrogens is 444 g/mol. The van der Waals surface area contributed by atoms with E-state index in [4.69, 9.17) is 9.15 Å². The maximum atomic E-state index is 12.9. The number of carbonyl (C=O) groups is 1. The van der Waals surface area contributed by atoms with Gasteiger partial charge in [0.05, 0.1) is 44.1 Å². The highest BCUT2D eigenvalue weighted by molar-refractivity contribution is 5.92. The summed E-state index contributed by atoms with van der Waals surface area (Å²) in [5.41, 5.74) is 1.45. The Hall–Kier alpha value is -2.77. The van der Waals surface area contributed by atoms with E-state index in [0.717, 1.165) is 47.5 Å². The number of nitrogens with one attached hydrogen (secondary N) is 1. The fraction of sp³-hybridized carbons (Fsp3) is 0.536. The normalized spacial score (nSPS) is 38.7. The molecule has 0 radical (unpaired) electrons. The van der Waals surface area contributed by atoms with Gasteiger partial charge in [0.25, 0.3) is 0 Å². The van der Waals surface area contributed by atoms with Gasteiger partial charge in [0.2, 0.25) is 5.91 Å². The number of phenolic OH excluding ortho intramolecular Hbond substituents is 1. The highest BCUT2D eigenvalue weighted by atomic mass is 16.5. The Morgan fingerprint density at radius 1 is 1.26 bits per heavy atom. The van der Waals surface area contributed by atoms with Crippen LogP contribution in [0, 0.1) is 5.92 Å². The Kier molecular flexibility index (Phi) is 4.39. The highest BCUT2D eigenvalue weighted by Gasteiger charge is 2.76. The minimum absolute atomic E-state index is 0.0866. The predicted octanol–water partition coefficient (Wildman–Crippen LogP) is 2.89. The quantitative estimate of drug-likeness (QED) is 0.455. The highest BCUT2D eigenvalue weighted by Crippen LogP contribution is 2.66. The molecule has 2 aromatic rings. The molecule has 7 nitrogen and oxygen atoms in total. The first-order valence-electron chi connectivity index (χ1n) is 12.9. The van der Waals surface area contributed by atoms with Crippen molar-refractivity contribution in [3.05, 3.63) is 53.5 Å². The van der Waals surface area contributed by atoms with Crippen molar-refractivity contribution in [2.24, 2.45) is 5.92 Å². The number of carbonyl (C=O) groups excluding carboxylic acids is 1. The van der Waals surface area contributed by atoms with Crippen LogP contribution >= 0.6 is 0 Å². The van der Waals surface area contributed by atoms with Crippen LogP contribution in [0.5, 0.6) is 11.5 Å². The Balaban J connectivity index is 1.27. The van der Waals surface area contributed by atoms with Crippen LogP contribution < -0.4 is 10.1 Å². The lowest BCUT2D eigenvalue weighted by Gasteiger charge is -2.65. The van der Waals surface area contributed by atoms with Gasteiger partial charge in [-0.3, -0.25) is 4.79 Å². The Labute approximate surface area is 205 Å². The molecule has 1 spiro atoms. The SMILES string of the molecule is C[N+]1(CC2CC2)CC[C@]23c4c5ccc(O)c4O[C@H]2[C@H](NC(=O)/C=C/c2ccoc2)CC[C@@]3(O)[C@H]1C5. The van der Waals surface area contributed by atoms with Crippen LogP contribution in [0.3, 0.4) is 0 Å². The number of piperidine rings is 1. The van der Waals surface area contributed by atoms with Crippen LogP contribution in [-0.4, -0.2) is 64.5 Å². The molecule has 7 heteroatoms. The maximum absolute atomic E-state index is 12.9. The summed E-state index contributed by atoms with van der Waals surface area (Å²) in [6, 6.07) is 5.39. The van der Waals surface area contributed by atoms with Crippen molar-refractivity contribution < 1.29 is 28.6 Å². The molecule has 7 rings (SSSR count). The summed E-state index contributed by atoms with van der Waals surface area (Å²) in [6.45, 7) is 2.09. The van der Waals surface area contributed by atoms with E-state index in [0.29, 0.717) is 18.6 Å². The fourth-order valence-electron chi connectivity index (χ4n) is 8.08. The van der Waals surface area contributed by atoms with Crippen LogP contribution in [0.4, 0.5) is 0 Å². The Bertz CT molecular complexity index is 1220. The van der Waals surface area contributed by atoms with Gasteiger partial charge in [-0.05, 0) is 49.5 Å². The zero-order chi connectivity index (χ0) is 24.0. The molecule has 5 aliphatic rings. The molecule has 6 atom stereocenters. The second-order valence-corrected chi connectivity index (χ2v) is 11.7. The monoisotopic (exact) mass is 477 g/mol. The summed E-state index contributed by atoms with van der Waals surface area (Å²) in [5.74, 6) is 1.21. The molecule has 2 aliphatic heterocycles. The number of nitrogens with zero attached hydrogens (tertiary/aromatic N) is 1. The Morgan fingerprint density at radius 3 is 2.89 bits per heavy atom. The fourth-order valence-corrected chi connectivity index (χ4v) is 8.08. The number of likely N-dealkylation sites (tertiary alicyclic amines) is 1. The van der Waals surface area contributed by atoms with Crippen LogP contribution in [0.2, 0.25) is 0 Å². The van der Waals surface area contributed by atoms with Gasteiger partial charge in [0, 0.05) is 36.0 Å². The third-order valence-electron chi connectivity index (χ3n) is 9.78. The van der Waals surface area contributed by atoms with E-state index >= 15 is 0 Å². The average molecular weight is 478 g/mol. The molecule has 2 saturated carbocycles. The topological polar surface area (TPSA) is 91.9 Å². The summed E-state index contributed by atoms with van der Waals surface area (Å²) >= 11 is 0. The summed E-state index contributed by atoms with van der Waals surface area (Å²) < 4.78 is 12.5. The largest absolute Gasteiger partial charge is 0.504 e. The van der Waals surface area contributed by atoms with Crippen molar-refractivity contribution in [1.29, 1.82) is 0 Å². The number of aromatic hydroxyl groups is 1. The lowest BCUT2D eigenvalue weighted by Crippen LogP contribution is -2.82. The van der Waals surface area contributed by atoms with Gasteiger partial charge in [-0.25, -0.2) is 0 Å². The third kappa shape index (κ3) is 2.88. The van der Waals surface area contributed by atoms with Crippen LogP contribution in [0.25, 0.3) is 6.08 Å². The van der Waals surface area contributed by atoms with Crippen molar-refractivity contribution >= 4 is 12.0 Å². The number of hydrogen-bond acceptors (Lipinski definition) is 5. The van der Waals surface area contributed by atoms with Gasteiger partial charge < -0.3 is 29.2 Å². The molecule has 3 fully saturated rings. The number of likely N-dealkylation sites (N-methyl/N-ethyl adjacent to an activating group) is 1. The molecule has 3 N–H and O–H groups in total. The summed E-state index contributed by atoms with van der Waals surface area (Å²) in [5, 5.41) is 26.6. The zero-order valence-corrected chi connectivity index (χ0v) is 20.1. The summed E-state index contributed by atoms with van der Waals surface area (Å²) in [7, 11) is 2.33. The van der Waals surface area contributed by atoms with Crippen molar-refractivity contribution in [3.8, 4) is 11.5 Å². The number of hydrogen-bond donors (Lipinski definition) is 3. The van der Waals surface area contributed by atoms with E-state index in [1.807, 2.05) is 6.07 Å². The Morgan fingerprint density at radius 2 is 2.11 bits per heavy atom. The molecule has 1 unspecified atom stereocenters. The number of phenols is 1. The molecule has 35 heavy (non-hydrogen) atoms. The van der Waals surface area contributed by atoms with E-state index in [1.165, 1.54) is 24.5 Å². The van der Waals surface area contributed by atoms with Crippen LogP contribution in [0.1, 0.15) is 48.8 Å². The summed E-state index contributed by atoms with van der Waals surface area (Å²) in [6.07, 6.45) is 11.4. The van der Waals surface area contributed by atoms with Crippen LogP contribution in [-0.2, 0) is 16.6 Å². The van der Waals surface area contributed by atoms with Gasteiger partial charge in [0.15, 0.2) is 11.5 Å². The number of benzene rings is 1. The number of quaternary nitrogens is 1. The minimum atomic E-state index is -0.931. The summed E-state index contributed by atoms with van der Waals surface area (Å²) in [4.78, 5) is 12.9. The van der Waals surface area contributed by atoms with E-state index < -0.39 is 17.1 Å². The van der Waals surface area contributed by atoms with Gasteiger partial charge in [-0.2, -0.15) is 0 Å². The van der Waals surface area contributed by atoms with Gasteiger partial charge in [-0.15, -0.1) is 0 Å². The second-order valence-electron chi connectivity index (χ2n) is 11.7. The van der Waals surface area contributed by atoms with E-state index in [2.05, 4.69) is 12.4 Å². The predicted molar refractivity (Wildman–Crippen MR) is 129 cm³/mol. The van der Waals surface area contributed by atoms with Gasteiger partial charge >= 0.3 is 0 Å². The molecule has 1 saturated heterocycles. The smallest absolute Gasteiger partial charge is 0.244 e. The second kappa shape index (κ2) is 7.14. The molecule has 3 heterocycles. The molecule has 1 amide bonds. The third-order valence-corrected chi connectivity index (χ3v) is 9.78. The number of furan rings is 1. The number of rotatable bonds is 5. The zero-order valence-electron chi connectivity index (χ0n) is 20.1. The molecule has 1 aromatic heterocycles. The van der Waals surface area contributed by atoms with Crippen molar-refractivity contribution in [3.63, 3.8) is 0 Å². The number of amides is 1. The lowest BCUT2D eigenvalue weighted by molar-refractivity contribution is -0.950. The standard InChI is InChI=1S/C28H32N2O5/c1-30(15-17-2-3-17)12-11-27-24-19-5-6-21(31)25(24)35-26(27)20(8-10-28(27,33)22(30)14-19)29-23(32)7-4-18-9-13-34-16-18/h4-7,9,13,16-17,20,22,26,33H,2-3,8,10-12,14-15H2,1H3,(H-,29,31,32)/p+1/b7-4+/t20-,22-,26+,27+,28-,30?/m1/s1. The number of aliphatic hydroxyl groups is 1. The minimum Gasteiger partial charge on any atom is -0.504 e. The van der Waals surface area contributed by atoms with Crippen molar-refractivity contribution in [2.75, 3.05) is 20.1 Å². The van der Waals surface area contributed by atoms with Gasteiger partial charge in [0.1, 0.15) is 17.7 Å². The van der Waals surface area contributed by atoms with E-state index in [-0.39, 0.29) is 23.7 Å². The van der Waals surface area contributed by atoms with E-state index in [9.17, 15) is 15.0 Å². The maximum Gasteiger partial charge on any atom is 0.244 e. The van der Waals surface area contributed by atoms with E-state index in [1.54, 1.807) is 30.7 Å². The first-order valence-corrected chi connectivity index (χ1v) is 12.9. The molecule has 1 aromatic carbocycles. The van der Waals surface area contributed by atoms with Crippen molar-refractivity contribution in [2.45, 2.75) is 67.7 Å². The van der Waals surface area contributed by atoms with Crippen LogP contribution in [0.15, 0.2) is 41.2 Å². The number of ether oxygens (including phenoxy) is 1. The molecule has 2 bridgehead atoms. The first-order chi connectivity index (χ1) is 16.8. The van der Waals surface area contributed by atoms with Gasteiger partial charge in [-0.1, -0.05) is 6.07 Å².